The summed E-state index contributed by atoms with van der Waals surface area (Å²) >= 11 is 0. The van der Waals surface area contributed by atoms with Gasteiger partial charge < -0.3 is 35.6 Å². The molecular weight excluding hydrogens is 607 g/mol. The van der Waals surface area contributed by atoms with Gasteiger partial charge in [-0.1, -0.05) is 49.2 Å². The van der Waals surface area contributed by atoms with Gasteiger partial charge in [-0.25, -0.2) is 0 Å². The molecular formula is C25H36N4O5Rb2. The average molecular weight is 644 g/mol. The molecule has 0 saturated carbocycles. The van der Waals surface area contributed by atoms with Crippen LogP contribution in [0, 0.1) is 0 Å². The fourth-order valence-corrected chi connectivity index (χ4v) is 2.84. The Morgan fingerprint density at radius 3 is 2.33 bits per heavy atom. The van der Waals surface area contributed by atoms with Crippen LogP contribution in [-0.4, -0.2) is 57.4 Å². The Kier molecular flexibility index (Phi) is 27.5. The van der Waals surface area contributed by atoms with Crippen LogP contribution in [0.3, 0.4) is 0 Å². The zero-order chi connectivity index (χ0) is 25.0. The third-order valence-electron chi connectivity index (χ3n) is 4.81. The first kappa shape index (κ1) is 38.6. The predicted octanol–water partition coefficient (Wildman–Crippen LogP) is -2.42. The molecule has 0 aliphatic carbocycles. The molecule has 1 rings (SSSR count). The maximum absolute atomic E-state index is 11.9. The summed E-state index contributed by atoms with van der Waals surface area (Å²) < 4.78 is 5.29. The number of aldehydes is 1. The molecule has 0 atom stereocenters. The first-order chi connectivity index (χ1) is 16.4. The molecule has 0 unspecified atom stereocenters. The Labute approximate surface area is 312 Å². The normalized spacial score (nSPS) is 10.3. The van der Waals surface area contributed by atoms with Gasteiger partial charge in [0.2, 0.25) is 0 Å². The largest absolute Gasteiger partial charge is 1.00 e. The molecule has 36 heavy (non-hydrogen) atoms. The molecule has 188 valence electrons. The van der Waals surface area contributed by atoms with Gasteiger partial charge in [0, 0.05) is 38.3 Å². The van der Waals surface area contributed by atoms with Crippen molar-refractivity contribution in [3.8, 4) is 0 Å². The van der Waals surface area contributed by atoms with Crippen molar-refractivity contribution >= 4 is 24.0 Å². The predicted molar refractivity (Wildman–Crippen MR) is 132 cm³/mol. The van der Waals surface area contributed by atoms with E-state index in [0.29, 0.717) is 39.0 Å². The van der Waals surface area contributed by atoms with Crippen molar-refractivity contribution in [3.63, 3.8) is 0 Å². The molecule has 0 aliphatic heterocycles. The van der Waals surface area contributed by atoms with Gasteiger partial charge in [0.1, 0.15) is 6.29 Å². The molecule has 0 heterocycles. The van der Waals surface area contributed by atoms with Crippen LogP contribution < -0.4 is 127 Å². The van der Waals surface area contributed by atoms with E-state index in [-0.39, 0.29) is 147 Å². The van der Waals surface area contributed by atoms with Crippen LogP contribution >= 0.6 is 0 Å². The number of urea groups is 1. The van der Waals surface area contributed by atoms with Crippen molar-refractivity contribution in [1.82, 2.24) is 10.6 Å². The zero-order valence-corrected chi connectivity index (χ0v) is 32.0. The zero-order valence-electron chi connectivity index (χ0n) is 22.2. The number of rotatable bonds is 18. The number of unbranched alkanes of at least 4 members (excludes halogenated alkanes) is 3. The van der Waals surface area contributed by atoms with Gasteiger partial charge in [-0.05, 0) is 31.9 Å². The molecule has 1 aromatic rings. The number of hydrogen-bond acceptors (Lipinski definition) is 6. The molecule has 0 aromatic heterocycles. The Morgan fingerprint density at radius 2 is 1.67 bits per heavy atom. The molecule has 0 radical (unpaired) electrons. The van der Waals surface area contributed by atoms with Crippen molar-refractivity contribution in [3.05, 3.63) is 57.8 Å². The fourth-order valence-electron chi connectivity index (χ4n) is 2.84. The molecule has 0 saturated heterocycles. The molecule has 0 fully saturated rings. The third kappa shape index (κ3) is 21.4. The molecule has 1 aromatic carbocycles. The number of ketones is 1. The maximum Gasteiger partial charge on any atom is 1.00 e. The number of carbonyl (C=O) groups is 4. The number of carbonyl (C=O) groups excluding carboxylic acids is 4. The summed E-state index contributed by atoms with van der Waals surface area (Å²) in [6.45, 7) is 3.15. The Hall–Kier alpha value is 0.410. The topological polar surface area (TPSA) is 130 Å². The number of ether oxygens (including phenoxy) is 1. The molecule has 0 aliphatic rings. The number of hydrogen-bond donors (Lipinski definition) is 2. The summed E-state index contributed by atoms with van der Waals surface area (Å²) in [4.78, 5) is 45.6. The Balaban J connectivity index is 0. The van der Waals surface area contributed by atoms with E-state index in [9.17, 15) is 19.2 Å². The maximum atomic E-state index is 11.9. The second kappa shape index (κ2) is 25.7. The number of amides is 3. The van der Waals surface area contributed by atoms with Crippen molar-refractivity contribution in [2.75, 3.05) is 33.4 Å². The van der Waals surface area contributed by atoms with E-state index in [2.05, 4.69) is 21.3 Å². The standard InChI is InChI=1S/C25H38N4O5.2Rb/c1-20(26-2)16-23(31)17-21-8-10-22(11-9-21)18-29-24(32)19-34-15-7-13-28-25(33)27-12-5-3-4-6-14-30;;/h8-11,14,16H,3-7,12-13,15,17-19H2,1-2H3,(H4,26,27,28,29,31,32,33);;/q;2*+1/p-2. The summed E-state index contributed by atoms with van der Waals surface area (Å²) in [5, 5.41) is 13.5. The van der Waals surface area contributed by atoms with E-state index in [1.807, 2.05) is 31.2 Å². The van der Waals surface area contributed by atoms with E-state index in [1.54, 1.807) is 13.1 Å². The van der Waals surface area contributed by atoms with Gasteiger partial charge in [0.15, 0.2) is 11.8 Å². The quantitative estimate of drug-likeness (QED) is 0.104. The second-order valence-corrected chi connectivity index (χ2v) is 7.78. The van der Waals surface area contributed by atoms with Gasteiger partial charge in [0.05, 0.1) is 12.5 Å². The van der Waals surface area contributed by atoms with Gasteiger partial charge in [-0.2, -0.15) is 0 Å². The van der Waals surface area contributed by atoms with Crippen LogP contribution in [0.4, 0.5) is 4.79 Å². The fraction of sp³-hybridized carbons (Fsp3) is 0.520. The van der Waals surface area contributed by atoms with Crippen molar-refractivity contribution in [1.29, 1.82) is 0 Å². The van der Waals surface area contributed by atoms with E-state index >= 15 is 0 Å². The summed E-state index contributed by atoms with van der Waals surface area (Å²) in [6, 6.07) is 7.07. The monoisotopic (exact) mass is 642 g/mol. The van der Waals surface area contributed by atoms with Gasteiger partial charge >= 0.3 is 116 Å². The minimum Gasteiger partial charge on any atom is -0.648 e. The summed E-state index contributed by atoms with van der Waals surface area (Å²) in [6.07, 6.45) is 6.43. The van der Waals surface area contributed by atoms with Crippen LogP contribution in [-0.2, 0) is 32.1 Å². The molecule has 2 N–H and O–H groups in total. The van der Waals surface area contributed by atoms with Gasteiger partial charge in [-0.15, -0.1) is 6.54 Å². The van der Waals surface area contributed by atoms with Crippen LogP contribution in [0.5, 0.6) is 0 Å². The smallest absolute Gasteiger partial charge is 0.648 e. The second-order valence-electron chi connectivity index (χ2n) is 7.78. The molecule has 0 spiro atoms. The van der Waals surface area contributed by atoms with Gasteiger partial charge in [0.25, 0.3) is 0 Å². The Morgan fingerprint density at radius 1 is 0.972 bits per heavy atom. The van der Waals surface area contributed by atoms with Crippen LogP contribution in [0.15, 0.2) is 36.0 Å². The van der Waals surface area contributed by atoms with Crippen molar-refractivity contribution in [2.24, 2.45) is 0 Å². The number of allylic oxidation sites excluding steroid dienone is 2. The average Bonchev–Trinajstić information content (AvgIpc) is 2.82. The van der Waals surface area contributed by atoms with Crippen molar-refractivity contribution < 1.29 is 140 Å². The molecule has 11 heteroatoms. The van der Waals surface area contributed by atoms with Crippen LogP contribution in [0.2, 0.25) is 0 Å². The Bertz CT molecular complexity index is 804. The van der Waals surface area contributed by atoms with Gasteiger partial charge in [-0.3, -0.25) is 9.59 Å². The SMILES string of the molecule is CN/C(C)=C\C(=O)Cc1ccc(C[N-]C(=O)COCCC[N-]C(=O)NCCCCCC=O)cc1.[Rb+].[Rb+]. The number of nitrogens with one attached hydrogen (secondary N) is 2. The summed E-state index contributed by atoms with van der Waals surface area (Å²) in [5.41, 5.74) is 2.59. The van der Waals surface area contributed by atoms with E-state index in [0.717, 1.165) is 42.4 Å². The minimum absolute atomic E-state index is 0. The van der Waals surface area contributed by atoms with E-state index < -0.39 is 0 Å². The van der Waals surface area contributed by atoms with Crippen molar-refractivity contribution in [2.45, 2.75) is 52.0 Å². The first-order valence-corrected chi connectivity index (χ1v) is 11.6. The number of nitrogens with zero attached hydrogens (tertiary/aromatic N) is 2. The third-order valence-corrected chi connectivity index (χ3v) is 4.81. The molecule has 9 nitrogen and oxygen atoms in total. The summed E-state index contributed by atoms with van der Waals surface area (Å²) in [7, 11) is 1.77. The van der Waals surface area contributed by atoms with E-state index in [1.165, 1.54) is 0 Å². The molecule has 0 bridgehead atoms. The van der Waals surface area contributed by atoms with Crippen LogP contribution in [0.25, 0.3) is 10.6 Å². The number of benzene rings is 1. The summed E-state index contributed by atoms with van der Waals surface area (Å²) in [5.74, 6) is -0.330. The molecule has 3 amide bonds. The minimum atomic E-state index is -0.360. The van der Waals surface area contributed by atoms with Crippen LogP contribution in [0.1, 0.15) is 50.2 Å². The first-order valence-electron chi connectivity index (χ1n) is 11.6. The van der Waals surface area contributed by atoms with E-state index in [4.69, 9.17) is 4.74 Å².